The number of hydrogen-bond donors (Lipinski definition) is 0. The van der Waals surface area contributed by atoms with E-state index in [0.717, 1.165) is 54.0 Å². The fourth-order valence-electron chi connectivity index (χ4n) is 3.34. The number of anilines is 1. The van der Waals surface area contributed by atoms with Gasteiger partial charge in [-0.3, -0.25) is 14.6 Å². The Morgan fingerprint density at radius 1 is 1.24 bits per heavy atom. The zero-order valence-corrected chi connectivity index (χ0v) is 19.0. The molecule has 0 aliphatic carbocycles. The summed E-state index contributed by atoms with van der Waals surface area (Å²) in [5, 5.41) is 1.15. The number of rotatable bonds is 6. The standard InChI is InChI=1S/C21H21BrClN3O2S/c22-15-6-7-17(23)16(14-15)20(27)26(9-3-8-25-10-12-28-13-11-25)21-24-18-4-1-2-5-19(18)29-21/h1-2,4-7,14H,3,8-13H2. The summed E-state index contributed by atoms with van der Waals surface area (Å²) in [6.07, 6.45) is 0.854. The number of fused-ring (bicyclic) bond motifs is 1. The van der Waals surface area contributed by atoms with Crippen molar-refractivity contribution < 1.29 is 9.53 Å². The highest BCUT2D eigenvalue weighted by Gasteiger charge is 2.23. The van der Waals surface area contributed by atoms with Crippen molar-refractivity contribution in [3.8, 4) is 0 Å². The molecule has 3 aromatic rings. The van der Waals surface area contributed by atoms with Crippen molar-refractivity contribution in [2.75, 3.05) is 44.3 Å². The highest BCUT2D eigenvalue weighted by atomic mass is 79.9. The average Bonchev–Trinajstić information content (AvgIpc) is 3.17. The van der Waals surface area contributed by atoms with E-state index < -0.39 is 0 Å². The number of amides is 1. The van der Waals surface area contributed by atoms with Crippen molar-refractivity contribution in [2.45, 2.75) is 6.42 Å². The number of aromatic nitrogens is 1. The van der Waals surface area contributed by atoms with Gasteiger partial charge in [0.15, 0.2) is 5.13 Å². The third kappa shape index (κ3) is 4.98. The van der Waals surface area contributed by atoms with Crippen LogP contribution < -0.4 is 4.90 Å². The molecule has 2 heterocycles. The molecule has 152 valence electrons. The van der Waals surface area contributed by atoms with E-state index in [1.165, 1.54) is 11.3 Å². The number of carbonyl (C=O) groups is 1. The van der Waals surface area contributed by atoms with E-state index in [4.69, 9.17) is 21.3 Å². The fraction of sp³-hybridized carbons (Fsp3) is 0.333. The van der Waals surface area contributed by atoms with Gasteiger partial charge in [-0.05, 0) is 36.8 Å². The first-order valence-corrected chi connectivity index (χ1v) is 11.5. The number of morpholine rings is 1. The van der Waals surface area contributed by atoms with Crippen LogP contribution in [-0.2, 0) is 4.74 Å². The fourth-order valence-corrected chi connectivity index (χ4v) is 4.89. The summed E-state index contributed by atoms with van der Waals surface area (Å²) < 4.78 is 7.30. The molecule has 4 rings (SSSR count). The first-order valence-electron chi connectivity index (χ1n) is 9.54. The minimum absolute atomic E-state index is 0.127. The van der Waals surface area contributed by atoms with Gasteiger partial charge in [-0.25, -0.2) is 4.98 Å². The van der Waals surface area contributed by atoms with Crippen LogP contribution in [0.1, 0.15) is 16.8 Å². The number of thiazole rings is 1. The molecule has 1 aromatic heterocycles. The lowest BCUT2D eigenvalue weighted by molar-refractivity contribution is 0.0376. The van der Waals surface area contributed by atoms with Gasteiger partial charge in [0.1, 0.15) is 0 Å². The van der Waals surface area contributed by atoms with Gasteiger partial charge in [0.05, 0.1) is 34.0 Å². The van der Waals surface area contributed by atoms with Gasteiger partial charge in [0.25, 0.3) is 5.91 Å². The lowest BCUT2D eigenvalue weighted by atomic mass is 10.2. The molecule has 0 atom stereocenters. The van der Waals surface area contributed by atoms with E-state index in [9.17, 15) is 4.79 Å². The zero-order valence-electron chi connectivity index (χ0n) is 15.8. The van der Waals surface area contributed by atoms with E-state index in [2.05, 4.69) is 20.8 Å². The Labute approximate surface area is 187 Å². The van der Waals surface area contributed by atoms with Crippen LogP contribution in [0.3, 0.4) is 0 Å². The lowest BCUT2D eigenvalue weighted by Gasteiger charge is -2.27. The van der Waals surface area contributed by atoms with Crippen LogP contribution in [-0.4, -0.2) is 55.2 Å². The minimum atomic E-state index is -0.127. The number of nitrogens with zero attached hydrogens (tertiary/aromatic N) is 3. The van der Waals surface area contributed by atoms with E-state index in [-0.39, 0.29) is 5.91 Å². The Hall–Kier alpha value is -1.51. The predicted octanol–water partition coefficient (Wildman–Crippen LogP) is 5.08. The number of ether oxygens (including phenoxy) is 1. The monoisotopic (exact) mass is 493 g/mol. The molecule has 0 N–H and O–H groups in total. The summed E-state index contributed by atoms with van der Waals surface area (Å²) in [5.74, 6) is -0.127. The SMILES string of the molecule is O=C(c1cc(Br)ccc1Cl)N(CCCN1CCOCC1)c1nc2ccccc2s1. The first kappa shape index (κ1) is 20.8. The topological polar surface area (TPSA) is 45.7 Å². The van der Waals surface area contributed by atoms with Crippen molar-refractivity contribution >= 4 is 60.1 Å². The van der Waals surface area contributed by atoms with Crippen LogP contribution in [0.15, 0.2) is 46.9 Å². The lowest BCUT2D eigenvalue weighted by Crippen LogP contribution is -2.39. The van der Waals surface area contributed by atoms with E-state index in [0.29, 0.717) is 22.3 Å². The maximum atomic E-state index is 13.4. The molecule has 0 unspecified atom stereocenters. The Bertz CT molecular complexity index is 974. The second-order valence-corrected chi connectivity index (χ2v) is 9.18. The van der Waals surface area contributed by atoms with Crippen LogP contribution in [0.4, 0.5) is 5.13 Å². The smallest absolute Gasteiger partial charge is 0.261 e. The van der Waals surface area contributed by atoms with Crippen LogP contribution in [0.5, 0.6) is 0 Å². The maximum Gasteiger partial charge on any atom is 0.261 e. The van der Waals surface area contributed by atoms with E-state index >= 15 is 0 Å². The number of hydrogen-bond acceptors (Lipinski definition) is 5. The van der Waals surface area contributed by atoms with Gasteiger partial charge in [-0.1, -0.05) is 51.0 Å². The van der Waals surface area contributed by atoms with Crippen LogP contribution >= 0.6 is 38.9 Å². The van der Waals surface area contributed by atoms with E-state index in [1.807, 2.05) is 30.3 Å². The third-order valence-corrected chi connectivity index (χ3v) is 6.76. The Kier molecular flexibility index (Phi) is 6.82. The summed E-state index contributed by atoms with van der Waals surface area (Å²) in [5.41, 5.74) is 1.38. The quantitative estimate of drug-likeness (QED) is 0.479. The largest absolute Gasteiger partial charge is 0.379 e. The van der Waals surface area contributed by atoms with Crippen molar-refractivity contribution in [3.05, 3.63) is 57.5 Å². The van der Waals surface area contributed by atoms with E-state index in [1.54, 1.807) is 17.0 Å². The van der Waals surface area contributed by atoms with Gasteiger partial charge in [0, 0.05) is 30.7 Å². The van der Waals surface area contributed by atoms with Gasteiger partial charge in [-0.2, -0.15) is 0 Å². The highest BCUT2D eigenvalue weighted by molar-refractivity contribution is 9.10. The summed E-state index contributed by atoms with van der Waals surface area (Å²) in [4.78, 5) is 22.3. The second kappa shape index (κ2) is 9.53. The number of carbonyl (C=O) groups excluding carboxylic acids is 1. The molecule has 0 radical (unpaired) electrons. The normalized spacial score (nSPS) is 15.0. The van der Waals surface area contributed by atoms with Crippen molar-refractivity contribution in [1.82, 2.24) is 9.88 Å². The molecule has 1 aliphatic rings. The van der Waals surface area contributed by atoms with Gasteiger partial charge >= 0.3 is 0 Å². The second-order valence-electron chi connectivity index (χ2n) is 6.85. The Morgan fingerprint density at radius 3 is 2.83 bits per heavy atom. The summed E-state index contributed by atoms with van der Waals surface area (Å²) >= 11 is 11.3. The molecular weight excluding hydrogens is 474 g/mol. The van der Waals surface area contributed by atoms with Gasteiger partial charge in [-0.15, -0.1) is 0 Å². The first-order chi connectivity index (χ1) is 14.1. The van der Waals surface area contributed by atoms with Crippen LogP contribution in [0.2, 0.25) is 5.02 Å². The van der Waals surface area contributed by atoms with Gasteiger partial charge in [0.2, 0.25) is 0 Å². The minimum Gasteiger partial charge on any atom is -0.379 e. The predicted molar refractivity (Wildman–Crippen MR) is 122 cm³/mol. The maximum absolute atomic E-state index is 13.4. The average molecular weight is 495 g/mol. The number of para-hydroxylation sites is 1. The molecular formula is C21H21BrClN3O2S. The molecule has 29 heavy (non-hydrogen) atoms. The Morgan fingerprint density at radius 2 is 2.03 bits per heavy atom. The molecule has 8 heteroatoms. The molecule has 1 aliphatic heterocycles. The summed E-state index contributed by atoms with van der Waals surface area (Å²) in [6, 6.07) is 13.3. The molecule has 1 amide bonds. The molecule has 0 saturated carbocycles. The van der Waals surface area contributed by atoms with Crippen molar-refractivity contribution in [3.63, 3.8) is 0 Å². The summed E-state index contributed by atoms with van der Waals surface area (Å²) in [7, 11) is 0. The number of halogens is 2. The molecule has 1 fully saturated rings. The van der Waals surface area contributed by atoms with Crippen LogP contribution in [0.25, 0.3) is 10.2 Å². The third-order valence-electron chi connectivity index (χ3n) is 4.88. The molecule has 2 aromatic carbocycles. The van der Waals surface area contributed by atoms with Crippen molar-refractivity contribution in [2.24, 2.45) is 0 Å². The summed E-state index contributed by atoms with van der Waals surface area (Å²) in [6.45, 7) is 4.92. The zero-order chi connectivity index (χ0) is 20.2. The Balaban J connectivity index is 1.59. The van der Waals surface area contributed by atoms with Crippen molar-refractivity contribution in [1.29, 1.82) is 0 Å². The molecule has 1 saturated heterocycles. The molecule has 5 nitrogen and oxygen atoms in total. The van der Waals surface area contributed by atoms with Crippen LogP contribution in [0, 0.1) is 0 Å². The molecule has 0 spiro atoms. The molecule has 0 bridgehead atoms. The highest BCUT2D eigenvalue weighted by Crippen LogP contribution is 2.31. The van der Waals surface area contributed by atoms with Gasteiger partial charge < -0.3 is 4.74 Å². The number of benzene rings is 2.